The molecule has 0 fully saturated rings. The average molecular weight is 370 g/mol. The third kappa shape index (κ3) is 3.42. The van der Waals surface area contributed by atoms with Crippen molar-refractivity contribution in [3.8, 4) is 0 Å². The summed E-state index contributed by atoms with van der Waals surface area (Å²) in [4.78, 5) is 12.4. The van der Waals surface area contributed by atoms with E-state index in [9.17, 15) is 4.79 Å². The first-order valence-electron chi connectivity index (χ1n) is 9.19. The number of para-hydroxylation sites is 2. The number of hydrazine groups is 1. The van der Waals surface area contributed by atoms with Crippen LogP contribution in [0, 0.1) is 0 Å². The number of benzene rings is 3. The smallest absolute Gasteiger partial charge is 0.240 e. The molecular weight excluding hydrogens is 348 g/mol. The van der Waals surface area contributed by atoms with Crippen molar-refractivity contribution in [2.75, 3.05) is 5.73 Å². The Kier molecular flexibility index (Phi) is 4.72. The minimum atomic E-state index is -0.0987. The van der Waals surface area contributed by atoms with Crippen LogP contribution in [-0.2, 0) is 11.3 Å². The Morgan fingerprint density at radius 2 is 1.43 bits per heavy atom. The van der Waals surface area contributed by atoms with E-state index < -0.39 is 0 Å². The lowest BCUT2D eigenvalue weighted by Crippen LogP contribution is -2.36. The summed E-state index contributed by atoms with van der Waals surface area (Å²) < 4.78 is 2.19. The van der Waals surface area contributed by atoms with E-state index in [2.05, 4.69) is 46.3 Å². The monoisotopic (exact) mass is 370 g/mol. The maximum absolute atomic E-state index is 12.4. The van der Waals surface area contributed by atoms with Crippen molar-refractivity contribution in [1.29, 1.82) is 0 Å². The summed E-state index contributed by atoms with van der Waals surface area (Å²) in [7, 11) is 0. The molecule has 4 N–H and O–H groups in total. The lowest BCUT2D eigenvalue weighted by atomic mass is 10.2. The molecule has 5 nitrogen and oxygen atoms in total. The molecule has 0 aliphatic rings. The van der Waals surface area contributed by atoms with E-state index in [0.29, 0.717) is 24.4 Å². The third-order valence-corrected chi connectivity index (χ3v) is 4.85. The van der Waals surface area contributed by atoms with Gasteiger partial charge in [-0.05, 0) is 29.8 Å². The number of anilines is 1. The second kappa shape index (κ2) is 7.48. The fraction of sp³-hybridized carbons (Fsp3) is 0.0870. The lowest BCUT2D eigenvalue weighted by Gasteiger charge is -2.12. The van der Waals surface area contributed by atoms with Gasteiger partial charge >= 0.3 is 0 Å². The number of hydrogen-bond acceptors (Lipinski definition) is 3. The molecule has 0 aliphatic heterocycles. The van der Waals surface area contributed by atoms with E-state index in [0.717, 1.165) is 16.6 Å². The topological polar surface area (TPSA) is 72.1 Å². The van der Waals surface area contributed by atoms with Crippen LogP contribution in [0.5, 0.6) is 0 Å². The van der Waals surface area contributed by atoms with Crippen molar-refractivity contribution >= 4 is 39.1 Å². The summed E-state index contributed by atoms with van der Waals surface area (Å²) in [5.74, 6) is -0.0987. The van der Waals surface area contributed by atoms with Crippen molar-refractivity contribution in [1.82, 2.24) is 15.4 Å². The van der Waals surface area contributed by atoms with Crippen LogP contribution in [0.2, 0.25) is 0 Å². The molecule has 0 aliphatic carbocycles. The van der Waals surface area contributed by atoms with E-state index in [1.54, 1.807) is 12.1 Å². The fourth-order valence-electron chi connectivity index (χ4n) is 3.42. The predicted molar refractivity (Wildman–Crippen MR) is 115 cm³/mol. The number of hydrogen-bond donors (Lipinski definition) is 3. The number of amides is 1. The SMILES string of the molecule is C=C(NNC(=O)CCn1c2ccccc2c2ccccc21)c1ccc(N)cc1. The molecule has 140 valence electrons. The largest absolute Gasteiger partial charge is 0.399 e. The second-order valence-corrected chi connectivity index (χ2v) is 6.71. The molecule has 1 aromatic heterocycles. The van der Waals surface area contributed by atoms with Gasteiger partial charge in [-0.3, -0.25) is 15.6 Å². The van der Waals surface area contributed by atoms with Gasteiger partial charge in [0, 0.05) is 40.5 Å². The van der Waals surface area contributed by atoms with Gasteiger partial charge in [0.15, 0.2) is 0 Å². The van der Waals surface area contributed by atoms with E-state index >= 15 is 0 Å². The van der Waals surface area contributed by atoms with Crippen LogP contribution >= 0.6 is 0 Å². The van der Waals surface area contributed by atoms with Gasteiger partial charge in [-0.15, -0.1) is 0 Å². The molecule has 1 heterocycles. The molecule has 4 aromatic rings. The molecule has 28 heavy (non-hydrogen) atoms. The summed E-state index contributed by atoms with van der Waals surface area (Å²) in [6, 6.07) is 23.9. The molecule has 0 radical (unpaired) electrons. The fourth-order valence-corrected chi connectivity index (χ4v) is 3.42. The predicted octanol–water partition coefficient (Wildman–Crippen LogP) is 4.06. The number of nitrogens with one attached hydrogen (secondary N) is 2. The molecule has 0 spiro atoms. The van der Waals surface area contributed by atoms with E-state index in [4.69, 9.17) is 5.73 Å². The van der Waals surface area contributed by atoms with Gasteiger partial charge < -0.3 is 10.3 Å². The average Bonchev–Trinajstić information content (AvgIpc) is 3.05. The lowest BCUT2D eigenvalue weighted by molar-refractivity contribution is -0.121. The van der Waals surface area contributed by atoms with Crippen LogP contribution in [0.1, 0.15) is 12.0 Å². The van der Waals surface area contributed by atoms with Crippen molar-refractivity contribution in [3.05, 3.63) is 84.9 Å². The van der Waals surface area contributed by atoms with Crippen LogP contribution in [0.15, 0.2) is 79.4 Å². The Bertz CT molecular complexity index is 1110. The molecule has 0 atom stereocenters. The first-order valence-corrected chi connectivity index (χ1v) is 9.19. The second-order valence-electron chi connectivity index (χ2n) is 6.71. The maximum Gasteiger partial charge on any atom is 0.240 e. The third-order valence-electron chi connectivity index (χ3n) is 4.85. The van der Waals surface area contributed by atoms with Crippen LogP contribution in [0.3, 0.4) is 0 Å². The zero-order valence-electron chi connectivity index (χ0n) is 15.5. The van der Waals surface area contributed by atoms with E-state index in [-0.39, 0.29) is 5.91 Å². The Morgan fingerprint density at radius 3 is 2.04 bits per heavy atom. The zero-order chi connectivity index (χ0) is 19.5. The molecule has 0 bridgehead atoms. The summed E-state index contributed by atoms with van der Waals surface area (Å²) >= 11 is 0. The summed E-state index contributed by atoms with van der Waals surface area (Å²) in [5, 5.41) is 2.40. The van der Waals surface area contributed by atoms with Crippen molar-refractivity contribution in [2.45, 2.75) is 13.0 Å². The van der Waals surface area contributed by atoms with Gasteiger partial charge in [0.25, 0.3) is 0 Å². The number of carbonyl (C=O) groups excluding carboxylic acids is 1. The highest BCUT2D eigenvalue weighted by Gasteiger charge is 2.11. The number of aromatic nitrogens is 1. The Balaban J connectivity index is 1.43. The van der Waals surface area contributed by atoms with Gasteiger partial charge in [0.05, 0.1) is 5.70 Å². The normalized spacial score (nSPS) is 10.9. The number of nitrogens with two attached hydrogens (primary N) is 1. The number of rotatable bonds is 6. The standard InChI is InChI=1S/C23H22N4O/c1-16(17-10-12-18(24)13-11-17)25-26-23(28)14-15-27-21-8-4-2-6-19(21)20-7-3-5-9-22(20)27/h2-13,25H,1,14-15,24H2,(H,26,28). The number of carbonyl (C=O) groups is 1. The molecule has 1 amide bonds. The Hall–Kier alpha value is -3.73. The molecule has 0 saturated carbocycles. The van der Waals surface area contributed by atoms with E-state index in [1.807, 2.05) is 36.4 Å². The summed E-state index contributed by atoms with van der Waals surface area (Å²) in [6.07, 6.45) is 0.352. The van der Waals surface area contributed by atoms with Crippen LogP contribution < -0.4 is 16.6 Å². The van der Waals surface area contributed by atoms with Gasteiger partial charge in [-0.1, -0.05) is 55.1 Å². The van der Waals surface area contributed by atoms with Gasteiger partial charge in [-0.25, -0.2) is 0 Å². The zero-order valence-corrected chi connectivity index (χ0v) is 15.5. The van der Waals surface area contributed by atoms with Crippen molar-refractivity contribution in [2.24, 2.45) is 0 Å². The Morgan fingerprint density at radius 1 is 0.857 bits per heavy atom. The molecule has 3 aromatic carbocycles. The van der Waals surface area contributed by atoms with Crippen LogP contribution in [0.25, 0.3) is 27.5 Å². The van der Waals surface area contributed by atoms with Gasteiger partial charge in [0.1, 0.15) is 0 Å². The molecule has 4 rings (SSSR count). The number of aryl methyl sites for hydroxylation is 1. The van der Waals surface area contributed by atoms with Crippen LogP contribution in [0.4, 0.5) is 5.69 Å². The highest BCUT2D eigenvalue weighted by Crippen LogP contribution is 2.28. The highest BCUT2D eigenvalue weighted by atomic mass is 16.2. The minimum absolute atomic E-state index is 0.0987. The quantitative estimate of drug-likeness (QED) is 0.354. The van der Waals surface area contributed by atoms with Crippen molar-refractivity contribution < 1.29 is 4.79 Å². The first kappa shape index (κ1) is 17.7. The number of fused-ring (bicyclic) bond motifs is 3. The summed E-state index contributed by atoms with van der Waals surface area (Å²) in [6.45, 7) is 4.54. The van der Waals surface area contributed by atoms with E-state index in [1.165, 1.54) is 10.8 Å². The van der Waals surface area contributed by atoms with Crippen LogP contribution in [-0.4, -0.2) is 10.5 Å². The van der Waals surface area contributed by atoms with Crippen molar-refractivity contribution in [3.63, 3.8) is 0 Å². The Labute approximate surface area is 163 Å². The first-order chi connectivity index (χ1) is 13.6. The maximum atomic E-state index is 12.4. The number of nitrogen functional groups attached to an aromatic ring is 1. The molecule has 0 saturated heterocycles. The molecule has 0 unspecified atom stereocenters. The molecular formula is C23H22N4O. The minimum Gasteiger partial charge on any atom is -0.399 e. The highest BCUT2D eigenvalue weighted by molar-refractivity contribution is 6.08. The number of nitrogens with zero attached hydrogens (tertiary/aromatic N) is 1. The molecule has 5 heteroatoms. The van der Waals surface area contributed by atoms with Gasteiger partial charge in [0.2, 0.25) is 5.91 Å². The summed E-state index contributed by atoms with van der Waals surface area (Å²) in [5.41, 5.74) is 15.7. The van der Waals surface area contributed by atoms with Gasteiger partial charge in [-0.2, -0.15) is 0 Å².